The first-order valence-electron chi connectivity index (χ1n) is 9.76. The minimum absolute atomic E-state index is 0.0544. The smallest absolute Gasteiger partial charge is 0.225 e. The zero-order valence-corrected chi connectivity index (χ0v) is 15.6. The maximum atomic E-state index is 12.4. The maximum absolute atomic E-state index is 12.4. The molecule has 0 atom stereocenters. The Hall–Kier alpha value is -1.88. The molecule has 0 unspecified atom stereocenters. The number of amides is 1. The summed E-state index contributed by atoms with van der Waals surface area (Å²) in [6.45, 7) is 6.74. The molecule has 1 aliphatic heterocycles. The molecule has 3 aliphatic rings. The van der Waals surface area contributed by atoms with Gasteiger partial charge in [-0.3, -0.25) is 4.79 Å². The Morgan fingerprint density at radius 3 is 2.65 bits per heavy atom. The SMILES string of the molecule is Cc1ccc2ccn(CC3CC4(C3)CN(C(=O)[C@H]3C[C@@](C)(O)C3)C4)c2n1. The molecule has 3 fully saturated rings. The van der Waals surface area contributed by atoms with Gasteiger partial charge in [-0.25, -0.2) is 4.98 Å². The number of pyridine rings is 1. The van der Waals surface area contributed by atoms with E-state index in [1.54, 1.807) is 0 Å². The summed E-state index contributed by atoms with van der Waals surface area (Å²) in [5.74, 6) is 1.01. The van der Waals surface area contributed by atoms with Gasteiger partial charge in [0, 0.05) is 48.2 Å². The molecule has 138 valence electrons. The number of hydrogen-bond donors (Lipinski definition) is 1. The highest BCUT2D eigenvalue weighted by atomic mass is 16.3. The third-order valence-corrected chi connectivity index (χ3v) is 6.73. The first kappa shape index (κ1) is 16.3. The average molecular weight is 353 g/mol. The highest BCUT2D eigenvalue weighted by molar-refractivity contribution is 5.81. The van der Waals surface area contributed by atoms with E-state index in [2.05, 4.69) is 33.9 Å². The van der Waals surface area contributed by atoms with Gasteiger partial charge in [-0.1, -0.05) is 0 Å². The Bertz CT molecular complexity index is 863. The Labute approximate surface area is 154 Å². The normalized spacial score (nSPS) is 30.1. The molecule has 2 saturated carbocycles. The summed E-state index contributed by atoms with van der Waals surface area (Å²) in [6, 6.07) is 6.35. The Morgan fingerprint density at radius 2 is 1.96 bits per heavy atom. The van der Waals surface area contributed by atoms with Crippen molar-refractivity contribution in [1.29, 1.82) is 0 Å². The molecule has 2 aromatic rings. The van der Waals surface area contributed by atoms with Gasteiger partial charge in [-0.2, -0.15) is 0 Å². The average Bonchev–Trinajstić information content (AvgIpc) is 2.87. The molecule has 0 radical (unpaired) electrons. The molecule has 2 aromatic heterocycles. The molecule has 26 heavy (non-hydrogen) atoms. The fraction of sp³-hybridized carbons (Fsp3) is 0.619. The molecule has 1 spiro atoms. The molecule has 1 saturated heterocycles. The van der Waals surface area contributed by atoms with Crippen molar-refractivity contribution in [2.45, 2.75) is 51.7 Å². The number of aliphatic hydroxyl groups is 1. The minimum atomic E-state index is -0.615. The second-order valence-corrected chi connectivity index (χ2v) is 9.40. The van der Waals surface area contributed by atoms with Crippen LogP contribution in [0.25, 0.3) is 11.0 Å². The third-order valence-electron chi connectivity index (χ3n) is 6.73. The van der Waals surface area contributed by atoms with Crippen molar-refractivity contribution in [2.75, 3.05) is 13.1 Å². The first-order valence-corrected chi connectivity index (χ1v) is 9.76. The molecule has 0 aromatic carbocycles. The summed E-state index contributed by atoms with van der Waals surface area (Å²) in [5, 5.41) is 11.0. The Morgan fingerprint density at radius 1 is 1.23 bits per heavy atom. The fourth-order valence-electron chi connectivity index (χ4n) is 5.49. The fourth-order valence-corrected chi connectivity index (χ4v) is 5.49. The molecule has 3 heterocycles. The van der Waals surface area contributed by atoms with E-state index in [-0.39, 0.29) is 11.8 Å². The summed E-state index contributed by atoms with van der Waals surface area (Å²) in [6.07, 6.45) is 5.84. The van der Waals surface area contributed by atoms with E-state index >= 15 is 0 Å². The van der Waals surface area contributed by atoms with Crippen LogP contribution in [0.5, 0.6) is 0 Å². The van der Waals surface area contributed by atoms with Crippen molar-refractivity contribution in [3.63, 3.8) is 0 Å². The maximum Gasteiger partial charge on any atom is 0.225 e. The van der Waals surface area contributed by atoms with Crippen LogP contribution in [-0.2, 0) is 11.3 Å². The molecule has 5 rings (SSSR count). The lowest BCUT2D eigenvalue weighted by atomic mass is 9.57. The van der Waals surface area contributed by atoms with Gasteiger partial charge < -0.3 is 14.6 Å². The highest BCUT2D eigenvalue weighted by Gasteiger charge is 2.55. The number of hydrogen-bond acceptors (Lipinski definition) is 3. The van der Waals surface area contributed by atoms with Crippen molar-refractivity contribution in [3.8, 4) is 0 Å². The van der Waals surface area contributed by atoms with Crippen LogP contribution in [0.2, 0.25) is 0 Å². The van der Waals surface area contributed by atoms with Crippen molar-refractivity contribution in [3.05, 3.63) is 30.1 Å². The molecule has 0 bridgehead atoms. The second-order valence-electron chi connectivity index (χ2n) is 9.40. The predicted molar refractivity (Wildman–Crippen MR) is 99.6 cm³/mol. The van der Waals surface area contributed by atoms with Crippen molar-refractivity contribution < 1.29 is 9.90 Å². The quantitative estimate of drug-likeness (QED) is 0.923. The lowest BCUT2D eigenvalue weighted by Gasteiger charge is -2.60. The van der Waals surface area contributed by atoms with E-state index in [1.807, 2.05) is 18.7 Å². The highest BCUT2D eigenvalue weighted by Crippen LogP contribution is 2.53. The lowest BCUT2D eigenvalue weighted by molar-refractivity contribution is -0.171. The Balaban J connectivity index is 1.15. The van der Waals surface area contributed by atoms with Crippen LogP contribution in [0, 0.1) is 24.2 Å². The van der Waals surface area contributed by atoms with Crippen LogP contribution in [0.15, 0.2) is 24.4 Å². The molecule has 2 aliphatic carbocycles. The molecule has 1 N–H and O–H groups in total. The van der Waals surface area contributed by atoms with Crippen LogP contribution in [0.4, 0.5) is 0 Å². The van der Waals surface area contributed by atoms with E-state index in [1.165, 1.54) is 18.2 Å². The topological polar surface area (TPSA) is 58.4 Å². The van der Waals surface area contributed by atoms with Crippen molar-refractivity contribution >= 4 is 16.9 Å². The van der Waals surface area contributed by atoms with Crippen molar-refractivity contribution in [2.24, 2.45) is 17.3 Å². The van der Waals surface area contributed by atoms with Gasteiger partial charge in [-0.15, -0.1) is 0 Å². The van der Waals surface area contributed by atoms with Gasteiger partial charge in [0.2, 0.25) is 5.91 Å². The predicted octanol–water partition coefficient (Wildman–Crippen LogP) is 2.74. The number of carbonyl (C=O) groups excluding carboxylic acids is 1. The number of aryl methyl sites for hydroxylation is 1. The van der Waals surface area contributed by atoms with Crippen molar-refractivity contribution in [1.82, 2.24) is 14.5 Å². The minimum Gasteiger partial charge on any atom is -0.390 e. The summed E-state index contributed by atoms with van der Waals surface area (Å²) in [7, 11) is 0. The largest absolute Gasteiger partial charge is 0.390 e. The standard InChI is InChI=1S/C21H27N3O2/c1-14-3-4-16-5-6-23(18(16)22-14)11-15-7-21(8-15)12-24(13-21)19(25)17-9-20(2,26)10-17/h3-6,15,17,26H,7-13H2,1-2H3/t17-,20+. The Kier molecular flexibility index (Phi) is 3.34. The second kappa shape index (κ2) is 5.32. The number of fused-ring (bicyclic) bond motifs is 1. The van der Waals surface area contributed by atoms with Crippen LogP contribution in [0.3, 0.4) is 0 Å². The zero-order chi connectivity index (χ0) is 18.1. The number of nitrogens with zero attached hydrogens (tertiary/aromatic N) is 3. The van der Waals surface area contributed by atoms with E-state index in [0.717, 1.165) is 31.0 Å². The van der Waals surface area contributed by atoms with Crippen LogP contribution in [-0.4, -0.2) is 44.2 Å². The van der Waals surface area contributed by atoms with Gasteiger partial charge in [0.1, 0.15) is 5.65 Å². The van der Waals surface area contributed by atoms with E-state index in [0.29, 0.717) is 24.2 Å². The first-order chi connectivity index (χ1) is 12.3. The van der Waals surface area contributed by atoms with Gasteiger partial charge >= 0.3 is 0 Å². The lowest BCUT2D eigenvalue weighted by Crippen LogP contribution is -2.66. The summed E-state index contributed by atoms with van der Waals surface area (Å²) in [4.78, 5) is 19.2. The van der Waals surface area contributed by atoms with Gasteiger partial charge in [0.05, 0.1) is 5.60 Å². The third kappa shape index (κ3) is 2.56. The number of aromatic nitrogens is 2. The van der Waals surface area contributed by atoms with Crippen LogP contribution >= 0.6 is 0 Å². The molecular formula is C21H27N3O2. The van der Waals surface area contributed by atoms with E-state index < -0.39 is 5.60 Å². The summed E-state index contributed by atoms with van der Waals surface area (Å²) >= 11 is 0. The zero-order valence-electron chi connectivity index (χ0n) is 15.6. The molecular weight excluding hydrogens is 326 g/mol. The number of carbonyl (C=O) groups is 1. The van der Waals surface area contributed by atoms with E-state index in [9.17, 15) is 9.90 Å². The molecule has 5 heteroatoms. The summed E-state index contributed by atoms with van der Waals surface area (Å²) < 4.78 is 2.29. The van der Waals surface area contributed by atoms with Gasteiger partial charge in [0.25, 0.3) is 0 Å². The summed E-state index contributed by atoms with van der Waals surface area (Å²) in [5.41, 5.74) is 1.91. The van der Waals surface area contributed by atoms with Crippen LogP contribution in [0.1, 0.15) is 38.3 Å². The molecule has 5 nitrogen and oxygen atoms in total. The van der Waals surface area contributed by atoms with Gasteiger partial charge in [-0.05, 0) is 63.6 Å². The number of likely N-dealkylation sites (tertiary alicyclic amines) is 1. The monoisotopic (exact) mass is 353 g/mol. The molecule has 1 amide bonds. The van der Waals surface area contributed by atoms with Crippen LogP contribution < -0.4 is 0 Å². The number of rotatable bonds is 3. The van der Waals surface area contributed by atoms with Gasteiger partial charge in [0.15, 0.2) is 0 Å². The van der Waals surface area contributed by atoms with E-state index in [4.69, 9.17) is 0 Å².